The molecule has 0 amide bonds. The number of rotatable bonds is 7. The molecular formula is C10H21NO2S. The summed E-state index contributed by atoms with van der Waals surface area (Å²) in [5.74, 6) is 1.74. The fraction of sp³-hybridized carbons (Fsp3) is 0.900. The largest absolute Gasteiger partial charge is 0.466 e. The van der Waals surface area contributed by atoms with Crippen LogP contribution < -0.4 is 5.73 Å². The molecule has 0 heterocycles. The van der Waals surface area contributed by atoms with Crippen molar-refractivity contribution in [1.29, 1.82) is 0 Å². The minimum atomic E-state index is -0.0965. The number of hydrogen-bond donors (Lipinski definition) is 1. The summed E-state index contributed by atoms with van der Waals surface area (Å²) in [6.45, 7) is 6.19. The molecule has 14 heavy (non-hydrogen) atoms. The molecule has 0 rings (SSSR count). The predicted molar refractivity (Wildman–Crippen MR) is 61.4 cm³/mol. The van der Waals surface area contributed by atoms with Gasteiger partial charge in [0.05, 0.1) is 12.5 Å². The minimum Gasteiger partial charge on any atom is -0.466 e. The van der Waals surface area contributed by atoms with Gasteiger partial charge in [-0.1, -0.05) is 6.92 Å². The molecule has 0 saturated carbocycles. The van der Waals surface area contributed by atoms with Crippen LogP contribution in [-0.4, -0.2) is 30.1 Å². The van der Waals surface area contributed by atoms with E-state index in [1.807, 2.05) is 20.8 Å². The van der Waals surface area contributed by atoms with Crippen LogP contribution in [0.1, 0.15) is 27.2 Å². The first-order valence-electron chi connectivity index (χ1n) is 5.07. The lowest BCUT2D eigenvalue weighted by Gasteiger charge is -2.10. The molecule has 2 unspecified atom stereocenters. The quantitative estimate of drug-likeness (QED) is 0.522. The Balaban J connectivity index is 3.43. The van der Waals surface area contributed by atoms with Gasteiger partial charge >= 0.3 is 5.97 Å². The maximum atomic E-state index is 11.2. The standard InChI is InChI=1S/C10H21NO2S/c1-4-13-10(12)8(2)7-14-6-5-9(3)11/h8-9H,4-7,11H2,1-3H3. The monoisotopic (exact) mass is 219 g/mol. The van der Waals surface area contributed by atoms with Gasteiger partial charge in [0.2, 0.25) is 0 Å². The molecule has 0 aliphatic rings. The van der Waals surface area contributed by atoms with Gasteiger partial charge in [0.25, 0.3) is 0 Å². The molecular weight excluding hydrogens is 198 g/mol. The van der Waals surface area contributed by atoms with Gasteiger partial charge in [0.1, 0.15) is 0 Å². The maximum Gasteiger partial charge on any atom is 0.309 e. The van der Waals surface area contributed by atoms with Crippen LogP contribution in [0.3, 0.4) is 0 Å². The Bertz CT molecular complexity index is 162. The van der Waals surface area contributed by atoms with Crippen molar-refractivity contribution in [3.8, 4) is 0 Å². The molecule has 2 atom stereocenters. The molecule has 4 heteroatoms. The number of esters is 1. The van der Waals surface area contributed by atoms with Crippen LogP contribution in [0.25, 0.3) is 0 Å². The van der Waals surface area contributed by atoms with Crippen molar-refractivity contribution in [2.24, 2.45) is 11.7 Å². The van der Waals surface area contributed by atoms with Crippen molar-refractivity contribution in [1.82, 2.24) is 0 Å². The maximum absolute atomic E-state index is 11.2. The van der Waals surface area contributed by atoms with E-state index in [2.05, 4.69) is 0 Å². The van der Waals surface area contributed by atoms with Crippen molar-refractivity contribution < 1.29 is 9.53 Å². The number of ether oxygens (including phenoxy) is 1. The van der Waals surface area contributed by atoms with E-state index in [-0.39, 0.29) is 17.9 Å². The molecule has 0 saturated heterocycles. The zero-order valence-corrected chi connectivity index (χ0v) is 10.1. The molecule has 0 aromatic rings. The number of nitrogens with two attached hydrogens (primary N) is 1. The first-order chi connectivity index (χ1) is 6.57. The second-order valence-corrected chi connectivity index (χ2v) is 4.64. The molecule has 84 valence electrons. The molecule has 0 fully saturated rings. The van der Waals surface area contributed by atoms with Crippen molar-refractivity contribution in [3.05, 3.63) is 0 Å². The lowest BCUT2D eigenvalue weighted by atomic mass is 10.2. The van der Waals surface area contributed by atoms with Crippen LogP contribution in [0.15, 0.2) is 0 Å². The second-order valence-electron chi connectivity index (χ2n) is 3.49. The molecule has 0 aliphatic heterocycles. The van der Waals surface area contributed by atoms with Crippen LogP contribution in [0, 0.1) is 5.92 Å². The summed E-state index contributed by atoms with van der Waals surface area (Å²) in [6.07, 6.45) is 1.00. The average Bonchev–Trinajstić information content (AvgIpc) is 2.12. The van der Waals surface area contributed by atoms with Crippen molar-refractivity contribution >= 4 is 17.7 Å². The van der Waals surface area contributed by atoms with E-state index in [1.165, 1.54) is 0 Å². The average molecular weight is 219 g/mol. The lowest BCUT2D eigenvalue weighted by Crippen LogP contribution is -2.18. The highest BCUT2D eigenvalue weighted by atomic mass is 32.2. The highest BCUT2D eigenvalue weighted by Gasteiger charge is 2.13. The zero-order chi connectivity index (χ0) is 11.0. The normalized spacial score (nSPS) is 14.9. The van der Waals surface area contributed by atoms with Gasteiger partial charge in [-0.3, -0.25) is 4.79 Å². The SMILES string of the molecule is CCOC(=O)C(C)CSCCC(C)N. The highest BCUT2D eigenvalue weighted by Crippen LogP contribution is 2.11. The minimum absolute atomic E-state index is 0.00645. The van der Waals surface area contributed by atoms with Crippen LogP contribution in [0.4, 0.5) is 0 Å². The third kappa shape index (κ3) is 7.21. The Morgan fingerprint density at radius 3 is 2.64 bits per heavy atom. The van der Waals surface area contributed by atoms with Crippen molar-refractivity contribution in [2.45, 2.75) is 33.2 Å². The fourth-order valence-electron chi connectivity index (χ4n) is 0.882. The second kappa shape index (κ2) is 8.12. The molecule has 0 radical (unpaired) electrons. The van der Waals surface area contributed by atoms with Gasteiger partial charge in [0, 0.05) is 11.8 Å². The van der Waals surface area contributed by atoms with Crippen LogP contribution >= 0.6 is 11.8 Å². The van der Waals surface area contributed by atoms with Crippen molar-refractivity contribution in [2.75, 3.05) is 18.1 Å². The van der Waals surface area contributed by atoms with Gasteiger partial charge in [0.15, 0.2) is 0 Å². The molecule has 2 N–H and O–H groups in total. The molecule has 3 nitrogen and oxygen atoms in total. The topological polar surface area (TPSA) is 52.3 Å². The summed E-state index contributed by atoms with van der Waals surface area (Å²) < 4.78 is 4.90. The Kier molecular flexibility index (Phi) is 7.99. The van der Waals surface area contributed by atoms with Gasteiger partial charge < -0.3 is 10.5 Å². The summed E-state index contributed by atoms with van der Waals surface area (Å²) >= 11 is 1.76. The number of carbonyl (C=O) groups excluding carboxylic acids is 1. The zero-order valence-electron chi connectivity index (χ0n) is 9.29. The number of carbonyl (C=O) groups is 1. The first-order valence-corrected chi connectivity index (χ1v) is 6.23. The van der Waals surface area contributed by atoms with Crippen molar-refractivity contribution in [3.63, 3.8) is 0 Å². The van der Waals surface area contributed by atoms with E-state index in [9.17, 15) is 4.79 Å². The molecule has 0 aliphatic carbocycles. The Hall–Kier alpha value is -0.220. The molecule has 0 aromatic carbocycles. The smallest absolute Gasteiger partial charge is 0.309 e. The molecule has 0 aromatic heterocycles. The summed E-state index contributed by atoms with van der Waals surface area (Å²) in [5.41, 5.74) is 5.61. The van der Waals surface area contributed by atoms with Crippen LogP contribution in [0.5, 0.6) is 0 Å². The summed E-state index contributed by atoms with van der Waals surface area (Å²) in [5, 5.41) is 0. The lowest BCUT2D eigenvalue weighted by molar-refractivity contribution is -0.146. The highest BCUT2D eigenvalue weighted by molar-refractivity contribution is 7.99. The van der Waals surface area contributed by atoms with E-state index in [0.717, 1.165) is 17.9 Å². The summed E-state index contributed by atoms with van der Waals surface area (Å²) in [6, 6.07) is 0.250. The Labute approximate surface area is 90.8 Å². The third-order valence-electron chi connectivity index (χ3n) is 1.77. The van der Waals surface area contributed by atoms with E-state index in [0.29, 0.717) is 6.61 Å². The predicted octanol–water partition coefficient (Wildman–Crippen LogP) is 1.66. The van der Waals surface area contributed by atoms with E-state index in [1.54, 1.807) is 11.8 Å². The summed E-state index contributed by atoms with van der Waals surface area (Å²) in [4.78, 5) is 11.2. The van der Waals surface area contributed by atoms with Crippen LogP contribution in [0.2, 0.25) is 0 Å². The Morgan fingerprint density at radius 2 is 2.14 bits per heavy atom. The first kappa shape index (κ1) is 13.8. The van der Waals surface area contributed by atoms with E-state index in [4.69, 9.17) is 10.5 Å². The number of thioether (sulfide) groups is 1. The van der Waals surface area contributed by atoms with Gasteiger partial charge in [-0.05, 0) is 26.0 Å². The molecule has 0 spiro atoms. The molecule has 0 bridgehead atoms. The Morgan fingerprint density at radius 1 is 1.50 bits per heavy atom. The number of hydrogen-bond acceptors (Lipinski definition) is 4. The fourth-order valence-corrected chi connectivity index (χ4v) is 2.08. The van der Waals surface area contributed by atoms with E-state index < -0.39 is 0 Å². The van der Waals surface area contributed by atoms with Gasteiger partial charge in [-0.25, -0.2) is 0 Å². The summed E-state index contributed by atoms with van der Waals surface area (Å²) in [7, 11) is 0. The van der Waals surface area contributed by atoms with Gasteiger partial charge in [-0.2, -0.15) is 11.8 Å². The third-order valence-corrected chi connectivity index (χ3v) is 3.03. The van der Waals surface area contributed by atoms with Crippen LogP contribution in [-0.2, 0) is 9.53 Å². The van der Waals surface area contributed by atoms with E-state index >= 15 is 0 Å². The van der Waals surface area contributed by atoms with Gasteiger partial charge in [-0.15, -0.1) is 0 Å².